The largest absolute Gasteiger partial charge is 0.331 e. The van der Waals surface area contributed by atoms with E-state index < -0.39 is 15.1 Å². The van der Waals surface area contributed by atoms with Crippen LogP contribution in [0.15, 0.2) is 24.3 Å². The summed E-state index contributed by atoms with van der Waals surface area (Å²) in [6.45, 7) is 3.79. The zero-order valence-electron chi connectivity index (χ0n) is 14.4. The number of carbonyl (C=O) groups excluding carboxylic acids is 1. The van der Waals surface area contributed by atoms with Gasteiger partial charge < -0.3 is 10.2 Å². The van der Waals surface area contributed by atoms with Gasteiger partial charge in [0.15, 0.2) is 9.84 Å². The normalized spacial score (nSPS) is 29.4. The van der Waals surface area contributed by atoms with Crippen molar-refractivity contribution < 1.29 is 13.2 Å². The lowest BCUT2D eigenvalue weighted by Crippen LogP contribution is -2.57. The number of nitrogens with zero attached hydrogens (tertiary/aromatic N) is 1. The van der Waals surface area contributed by atoms with E-state index in [1.165, 1.54) is 11.1 Å². The van der Waals surface area contributed by atoms with Gasteiger partial charge in [-0.15, -0.1) is 0 Å². The van der Waals surface area contributed by atoms with Gasteiger partial charge in [0.1, 0.15) is 0 Å². The van der Waals surface area contributed by atoms with Crippen LogP contribution in [0.3, 0.4) is 0 Å². The van der Waals surface area contributed by atoms with Gasteiger partial charge >= 0.3 is 6.03 Å². The van der Waals surface area contributed by atoms with Crippen LogP contribution in [0.4, 0.5) is 4.79 Å². The van der Waals surface area contributed by atoms with Crippen LogP contribution < -0.4 is 5.32 Å². The fraction of sp³-hybridized carbons (Fsp3) is 0.611. The Bertz CT molecular complexity index is 717. The maximum Gasteiger partial charge on any atom is 0.318 e. The minimum Gasteiger partial charge on any atom is -0.331 e. The first-order chi connectivity index (χ1) is 11.4. The molecule has 2 amide bonds. The fourth-order valence-electron chi connectivity index (χ4n) is 3.76. The summed E-state index contributed by atoms with van der Waals surface area (Å²) in [6.07, 6.45) is 4.20. The molecule has 0 radical (unpaired) electrons. The molecule has 1 heterocycles. The second-order valence-corrected chi connectivity index (χ2v) is 9.43. The molecule has 3 atom stereocenters. The molecular formula is C18H26N2O3S. The van der Waals surface area contributed by atoms with E-state index in [1.54, 1.807) is 11.8 Å². The predicted octanol–water partition coefficient (Wildman–Crippen LogP) is 2.67. The van der Waals surface area contributed by atoms with Crippen molar-refractivity contribution in [1.82, 2.24) is 10.2 Å². The number of aryl methyl sites for hydroxylation is 1. The zero-order chi connectivity index (χ0) is 17.3. The van der Waals surface area contributed by atoms with E-state index in [0.717, 1.165) is 25.7 Å². The van der Waals surface area contributed by atoms with Crippen LogP contribution in [0.1, 0.15) is 50.3 Å². The van der Waals surface area contributed by atoms with Gasteiger partial charge in [-0.2, -0.15) is 0 Å². The molecule has 3 rings (SSSR count). The van der Waals surface area contributed by atoms with Crippen molar-refractivity contribution in [2.75, 3.05) is 12.3 Å². The molecule has 1 aromatic rings. The number of rotatable bonds is 1. The highest BCUT2D eigenvalue weighted by Crippen LogP contribution is 2.29. The molecule has 0 aromatic heterocycles. The Kier molecular flexibility index (Phi) is 4.85. The lowest BCUT2D eigenvalue weighted by atomic mass is 9.99. The molecule has 132 valence electrons. The van der Waals surface area contributed by atoms with E-state index in [-0.39, 0.29) is 30.4 Å². The Balaban J connectivity index is 1.76. The first-order valence-corrected chi connectivity index (χ1v) is 10.5. The molecular weight excluding hydrogens is 324 g/mol. The summed E-state index contributed by atoms with van der Waals surface area (Å²) >= 11 is 0. The lowest BCUT2D eigenvalue weighted by Gasteiger charge is -2.38. The molecule has 6 heteroatoms. The van der Waals surface area contributed by atoms with Gasteiger partial charge in [0.2, 0.25) is 0 Å². The number of urea groups is 1. The van der Waals surface area contributed by atoms with E-state index in [1.807, 2.05) is 19.1 Å². The van der Waals surface area contributed by atoms with Crippen molar-refractivity contribution in [3.05, 3.63) is 35.4 Å². The van der Waals surface area contributed by atoms with Crippen LogP contribution in [-0.4, -0.2) is 42.9 Å². The molecule has 0 unspecified atom stereocenters. The Morgan fingerprint density at radius 1 is 1.21 bits per heavy atom. The third-order valence-corrected chi connectivity index (χ3v) is 7.81. The van der Waals surface area contributed by atoms with Gasteiger partial charge in [0, 0.05) is 12.6 Å². The Labute approximate surface area is 144 Å². The van der Waals surface area contributed by atoms with Crippen molar-refractivity contribution in [3.8, 4) is 0 Å². The number of hydrogen-bond donors (Lipinski definition) is 1. The molecule has 1 saturated heterocycles. The van der Waals surface area contributed by atoms with Crippen LogP contribution in [0.25, 0.3) is 0 Å². The number of carbonyl (C=O) groups is 1. The first-order valence-electron chi connectivity index (χ1n) is 8.76. The monoisotopic (exact) mass is 350 g/mol. The average molecular weight is 350 g/mol. The number of sulfone groups is 1. The van der Waals surface area contributed by atoms with Gasteiger partial charge in [-0.1, -0.05) is 30.7 Å². The molecule has 2 aliphatic rings. The molecule has 1 N–H and O–H groups in total. The maximum absolute atomic E-state index is 12.8. The summed E-state index contributed by atoms with van der Waals surface area (Å²) in [5.41, 5.74) is 2.51. The topological polar surface area (TPSA) is 66.5 Å². The molecule has 0 spiro atoms. The summed E-state index contributed by atoms with van der Waals surface area (Å²) in [5, 5.41) is 2.64. The Hall–Kier alpha value is -1.56. The van der Waals surface area contributed by atoms with E-state index in [9.17, 15) is 13.2 Å². The fourth-order valence-corrected chi connectivity index (χ4v) is 5.33. The van der Waals surface area contributed by atoms with Crippen LogP contribution in [0.2, 0.25) is 0 Å². The highest BCUT2D eigenvalue weighted by molar-refractivity contribution is 7.92. The molecule has 0 saturated carbocycles. The van der Waals surface area contributed by atoms with Crippen molar-refractivity contribution in [3.63, 3.8) is 0 Å². The molecule has 0 bridgehead atoms. The summed E-state index contributed by atoms with van der Waals surface area (Å²) in [6, 6.07) is 7.85. The minimum absolute atomic E-state index is 0.0113. The van der Waals surface area contributed by atoms with Crippen molar-refractivity contribution in [1.29, 1.82) is 0 Å². The summed E-state index contributed by atoms with van der Waals surface area (Å²) in [5.74, 6) is 0.0488. The van der Waals surface area contributed by atoms with Crippen molar-refractivity contribution >= 4 is 15.9 Å². The number of nitrogens with one attached hydrogen (secondary N) is 1. The molecule has 5 nitrogen and oxygen atoms in total. The van der Waals surface area contributed by atoms with Crippen molar-refractivity contribution in [2.45, 2.75) is 56.9 Å². The highest BCUT2D eigenvalue weighted by atomic mass is 32.2. The van der Waals surface area contributed by atoms with Crippen LogP contribution in [0.5, 0.6) is 0 Å². The highest BCUT2D eigenvalue weighted by Gasteiger charge is 2.38. The third kappa shape index (κ3) is 3.29. The van der Waals surface area contributed by atoms with Gasteiger partial charge in [0.05, 0.1) is 17.0 Å². The summed E-state index contributed by atoms with van der Waals surface area (Å²) in [4.78, 5) is 14.5. The number of amides is 2. The minimum atomic E-state index is -3.09. The molecule has 1 fully saturated rings. The number of hydrogen-bond acceptors (Lipinski definition) is 3. The SMILES string of the molecule is C[C@@H]1[C@H](C)S(=O)(=O)CCN1C(=O)N[C@@H]1CCCCc2ccccc21. The lowest BCUT2D eigenvalue weighted by molar-refractivity contribution is 0.173. The van der Waals surface area contributed by atoms with Crippen LogP contribution >= 0.6 is 0 Å². The van der Waals surface area contributed by atoms with Crippen LogP contribution in [0, 0.1) is 0 Å². The number of fused-ring (bicyclic) bond motifs is 1. The van der Waals surface area contributed by atoms with E-state index in [0.29, 0.717) is 0 Å². The summed E-state index contributed by atoms with van der Waals surface area (Å²) in [7, 11) is -3.09. The maximum atomic E-state index is 12.8. The molecule has 1 aliphatic heterocycles. The van der Waals surface area contributed by atoms with E-state index in [2.05, 4.69) is 17.4 Å². The molecule has 1 aliphatic carbocycles. The summed E-state index contributed by atoms with van der Waals surface area (Å²) < 4.78 is 24.0. The quantitative estimate of drug-likeness (QED) is 0.792. The average Bonchev–Trinajstić information content (AvgIpc) is 2.75. The second-order valence-electron chi connectivity index (χ2n) is 6.95. The van der Waals surface area contributed by atoms with Crippen LogP contribution in [-0.2, 0) is 16.3 Å². The van der Waals surface area contributed by atoms with Gasteiger partial charge in [-0.05, 0) is 44.2 Å². The standard InChI is InChI=1S/C18H26N2O3S/c1-13-14(2)24(22,23)12-11-20(13)18(21)19-17-10-6-4-8-15-7-3-5-9-16(15)17/h3,5,7,9,13-14,17H,4,6,8,10-12H2,1-2H3,(H,19,21)/t13-,14+,17-/m1/s1. The van der Waals surface area contributed by atoms with Gasteiger partial charge in [-0.25, -0.2) is 13.2 Å². The molecule has 24 heavy (non-hydrogen) atoms. The molecule has 1 aromatic carbocycles. The van der Waals surface area contributed by atoms with E-state index in [4.69, 9.17) is 0 Å². The second kappa shape index (κ2) is 6.75. The number of benzene rings is 1. The predicted molar refractivity (Wildman–Crippen MR) is 94.7 cm³/mol. The zero-order valence-corrected chi connectivity index (χ0v) is 15.2. The Morgan fingerprint density at radius 2 is 1.96 bits per heavy atom. The van der Waals surface area contributed by atoms with Gasteiger partial charge in [0.25, 0.3) is 0 Å². The first kappa shape index (κ1) is 17.3. The van der Waals surface area contributed by atoms with E-state index >= 15 is 0 Å². The Morgan fingerprint density at radius 3 is 2.75 bits per heavy atom. The smallest absolute Gasteiger partial charge is 0.318 e. The third-order valence-electron chi connectivity index (χ3n) is 5.53. The van der Waals surface area contributed by atoms with Gasteiger partial charge in [-0.3, -0.25) is 0 Å². The van der Waals surface area contributed by atoms with Crippen molar-refractivity contribution in [2.24, 2.45) is 0 Å².